The molecule has 0 aromatic carbocycles. The average molecular weight is 600 g/mol. The monoisotopic (exact) mass is 600 g/mol. The molecule has 4 heterocycles. The maximum Gasteiger partial charge on any atom is 0.407 e. The zero-order chi connectivity index (χ0) is 30.6. The number of ether oxygens (including phenoxy) is 4. The summed E-state index contributed by atoms with van der Waals surface area (Å²) in [4.78, 5) is 74.1. The molecular weight excluding hydrogens is 572 g/mol. The zero-order valence-electron chi connectivity index (χ0n) is 21.5. The largest absolute Gasteiger partial charge is 0.446 e. The highest BCUT2D eigenvalue weighted by Gasteiger charge is 2.45. The van der Waals surface area contributed by atoms with Gasteiger partial charge in [-0.3, -0.25) is 28.7 Å². The Kier molecular flexibility index (Phi) is 9.55. The third-order valence-electron chi connectivity index (χ3n) is 6.37. The molecule has 42 heavy (non-hydrogen) atoms. The third-order valence-corrected chi connectivity index (χ3v) is 6.37. The summed E-state index contributed by atoms with van der Waals surface area (Å²) in [5.41, 5.74) is -3.06. The second-order valence-corrected chi connectivity index (χ2v) is 9.16. The summed E-state index contributed by atoms with van der Waals surface area (Å²) in [6.07, 6.45) is -10.8. The van der Waals surface area contributed by atoms with Gasteiger partial charge in [0.2, 0.25) is 0 Å². The molecule has 8 N–H and O–H groups in total. The zero-order valence-corrected chi connectivity index (χ0v) is 21.5. The van der Waals surface area contributed by atoms with Crippen LogP contribution in [0.25, 0.3) is 0 Å². The lowest BCUT2D eigenvalue weighted by Gasteiger charge is -2.17. The summed E-state index contributed by atoms with van der Waals surface area (Å²) in [7, 11) is 0. The van der Waals surface area contributed by atoms with Gasteiger partial charge < -0.3 is 50.0 Å². The first-order valence-electron chi connectivity index (χ1n) is 12.4. The van der Waals surface area contributed by atoms with E-state index in [-0.39, 0.29) is 26.3 Å². The van der Waals surface area contributed by atoms with E-state index in [1.54, 1.807) is 0 Å². The molecule has 2 amide bonds. The molecule has 8 atom stereocenters. The number of nitrogens with zero attached hydrogens (tertiary/aromatic N) is 2. The normalized spacial score (nSPS) is 28.8. The number of hydrogen-bond acceptors (Lipinski definition) is 14. The van der Waals surface area contributed by atoms with Crippen molar-refractivity contribution in [2.45, 2.75) is 49.1 Å². The lowest BCUT2D eigenvalue weighted by Crippen LogP contribution is -2.41. The third kappa shape index (κ3) is 6.92. The predicted molar refractivity (Wildman–Crippen MR) is 133 cm³/mol. The van der Waals surface area contributed by atoms with Crippen molar-refractivity contribution in [3.63, 3.8) is 0 Å². The van der Waals surface area contributed by atoms with Crippen LogP contribution >= 0.6 is 0 Å². The maximum atomic E-state index is 11.9. The molecule has 0 saturated carbocycles. The highest BCUT2D eigenvalue weighted by Crippen LogP contribution is 2.28. The van der Waals surface area contributed by atoms with Crippen molar-refractivity contribution >= 4 is 12.2 Å². The SMILES string of the molecule is O=C(NC[C@@H]1O[C@H](n2ccc(=O)[nH]c2=O)[C@@H](O)[C@H]1O)OCCOC(=O)NC[C@H]1O[C@@H](n2ccc(=O)[nH]c2=O)[C@H](O)[C@@H]1O. The summed E-state index contributed by atoms with van der Waals surface area (Å²) in [6.45, 7) is -1.42. The molecule has 2 saturated heterocycles. The van der Waals surface area contributed by atoms with Crippen molar-refractivity contribution in [2.75, 3.05) is 26.3 Å². The smallest absolute Gasteiger partial charge is 0.407 e. The van der Waals surface area contributed by atoms with Crippen LogP contribution in [0.15, 0.2) is 43.7 Å². The molecular formula is C22H28N6O14. The van der Waals surface area contributed by atoms with Crippen LogP contribution in [-0.2, 0) is 18.9 Å². The van der Waals surface area contributed by atoms with Gasteiger partial charge in [0.1, 0.15) is 49.8 Å². The molecule has 0 spiro atoms. The van der Waals surface area contributed by atoms with E-state index >= 15 is 0 Å². The first-order chi connectivity index (χ1) is 20.0. The second-order valence-electron chi connectivity index (χ2n) is 9.16. The quantitative estimate of drug-likeness (QED) is 0.125. The van der Waals surface area contributed by atoms with Crippen molar-refractivity contribution in [1.29, 1.82) is 0 Å². The number of aliphatic hydroxyl groups excluding tert-OH is 4. The fraction of sp³-hybridized carbons (Fsp3) is 0.545. The van der Waals surface area contributed by atoms with Gasteiger partial charge in [-0.2, -0.15) is 0 Å². The maximum absolute atomic E-state index is 11.9. The van der Waals surface area contributed by atoms with E-state index in [2.05, 4.69) is 10.6 Å². The van der Waals surface area contributed by atoms with Crippen LogP contribution in [0.2, 0.25) is 0 Å². The van der Waals surface area contributed by atoms with Crippen molar-refractivity contribution in [3.05, 3.63) is 66.2 Å². The van der Waals surface area contributed by atoms with Crippen molar-refractivity contribution in [3.8, 4) is 0 Å². The number of amides is 2. The number of rotatable bonds is 9. The first kappa shape index (κ1) is 30.6. The van der Waals surface area contributed by atoms with E-state index in [4.69, 9.17) is 18.9 Å². The highest BCUT2D eigenvalue weighted by molar-refractivity contribution is 5.68. The number of carbonyl (C=O) groups is 2. The van der Waals surface area contributed by atoms with Gasteiger partial charge in [0.15, 0.2) is 12.5 Å². The van der Waals surface area contributed by atoms with Gasteiger partial charge in [-0.25, -0.2) is 19.2 Å². The number of aromatic amines is 2. The molecule has 0 bridgehead atoms. The molecule has 4 rings (SSSR count). The van der Waals surface area contributed by atoms with E-state index in [1.807, 2.05) is 9.97 Å². The average Bonchev–Trinajstić information content (AvgIpc) is 3.38. The molecule has 2 aromatic heterocycles. The number of alkyl carbamates (subject to hydrolysis) is 2. The number of nitrogens with one attached hydrogen (secondary N) is 4. The van der Waals surface area contributed by atoms with Crippen LogP contribution in [0.5, 0.6) is 0 Å². The van der Waals surface area contributed by atoms with Crippen molar-refractivity contribution in [1.82, 2.24) is 29.7 Å². The Morgan fingerprint density at radius 2 is 1.10 bits per heavy atom. The van der Waals surface area contributed by atoms with Gasteiger partial charge in [0.25, 0.3) is 11.1 Å². The van der Waals surface area contributed by atoms with Crippen LogP contribution in [0.4, 0.5) is 9.59 Å². The van der Waals surface area contributed by atoms with Crippen LogP contribution in [0.1, 0.15) is 12.5 Å². The van der Waals surface area contributed by atoms with Gasteiger partial charge in [-0.1, -0.05) is 0 Å². The number of aromatic nitrogens is 4. The second kappa shape index (κ2) is 13.1. The van der Waals surface area contributed by atoms with Gasteiger partial charge in [-0.05, 0) is 0 Å². The van der Waals surface area contributed by atoms with Gasteiger partial charge in [0, 0.05) is 37.6 Å². The number of hydrogen-bond donors (Lipinski definition) is 8. The molecule has 2 aliphatic heterocycles. The Morgan fingerprint density at radius 1 is 0.714 bits per heavy atom. The van der Waals surface area contributed by atoms with E-state index in [0.717, 1.165) is 33.7 Å². The fourth-order valence-electron chi connectivity index (χ4n) is 4.25. The van der Waals surface area contributed by atoms with Crippen LogP contribution in [0, 0.1) is 0 Å². The fourth-order valence-corrected chi connectivity index (χ4v) is 4.25. The number of aliphatic hydroxyl groups is 4. The Bertz CT molecular complexity index is 1390. The summed E-state index contributed by atoms with van der Waals surface area (Å²) in [5, 5.41) is 45.4. The summed E-state index contributed by atoms with van der Waals surface area (Å²) in [6, 6.07) is 2.06. The van der Waals surface area contributed by atoms with Crippen LogP contribution in [-0.4, -0.2) is 115 Å². The standard InChI is InChI=1S/C22H28N6O14/c29-11-1-3-27(19(35)25-11)17-15(33)13(31)9(41-17)7-23-21(37)39-5-6-40-22(38)24-8-10-14(32)16(34)18(42-10)28-4-2-12(30)26-20(28)36/h1-4,9-10,13-18,31-34H,5-8H2,(H,23,37)(H,24,38)(H,25,29,35)(H,26,30,36)/t9-,10+,13-,14+,15-,16+,17-,18+. The molecule has 0 radical (unpaired) electrons. The lowest BCUT2D eigenvalue weighted by molar-refractivity contribution is -0.0393. The molecule has 20 heteroatoms. The van der Waals surface area contributed by atoms with E-state index < -0.39 is 83.8 Å². The minimum atomic E-state index is -1.54. The Balaban J connectivity index is 1.14. The van der Waals surface area contributed by atoms with Gasteiger partial charge in [-0.15, -0.1) is 0 Å². The lowest BCUT2D eigenvalue weighted by atomic mass is 10.1. The Morgan fingerprint density at radius 3 is 1.45 bits per heavy atom. The molecule has 230 valence electrons. The summed E-state index contributed by atoms with van der Waals surface area (Å²) in [5.74, 6) is 0. The van der Waals surface area contributed by atoms with Gasteiger partial charge in [0.05, 0.1) is 0 Å². The molecule has 2 aromatic rings. The summed E-state index contributed by atoms with van der Waals surface area (Å²) >= 11 is 0. The first-order valence-corrected chi connectivity index (χ1v) is 12.4. The van der Waals surface area contributed by atoms with Crippen molar-refractivity contribution < 1.29 is 49.0 Å². The molecule has 0 aliphatic carbocycles. The highest BCUT2D eigenvalue weighted by atomic mass is 16.6. The molecule has 2 aliphatic rings. The van der Waals surface area contributed by atoms with Crippen LogP contribution in [0.3, 0.4) is 0 Å². The minimum Gasteiger partial charge on any atom is -0.446 e. The van der Waals surface area contributed by atoms with Gasteiger partial charge >= 0.3 is 23.6 Å². The van der Waals surface area contributed by atoms with E-state index in [9.17, 15) is 49.2 Å². The molecule has 0 unspecified atom stereocenters. The molecule has 20 nitrogen and oxygen atoms in total. The number of carbonyl (C=O) groups excluding carboxylic acids is 2. The van der Waals surface area contributed by atoms with E-state index in [0.29, 0.717) is 0 Å². The van der Waals surface area contributed by atoms with E-state index in [1.165, 1.54) is 0 Å². The minimum absolute atomic E-state index is 0.325. The Hall–Kier alpha value is -4.34. The molecule has 2 fully saturated rings. The predicted octanol–water partition coefficient (Wildman–Crippen LogP) is -5.22. The van der Waals surface area contributed by atoms with Crippen molar-refractivity contribution in [2.24, 2.45) is 0 Å². The van der Waals surface area contributed by atoms with Crippen LogP contribution < -0.4 is 33.1 Å². The topological polar surface area (TPSA) is 286 Å². The number of H-pyrrole nitrogens is 2. The summed E-state index contributed by atoms with van der Waals surface area (Å²) < 4.78 is 22.3. The Labute approximate surface area is 233 Å².